The van der Waals surface area contributed by atoms with E-state index < -0.39 is 17.9 Å². The fourth-order valence-corrected chi connectivity index (χ4v) is 2.49. The summed E-state index contributed by atoms with van der Waals surface area (Å²) in [6, 6.07) is 8.87. The predicted molar refractivity (Wildman–Crippen MR) is 94.1 cm³/mol. The van der Waals surface area contributed by atoms with E-state index in [4.69, 9.17) is 14.2 Å². The van der Waals surface area contributed by atoms with Crippen molar-refractivity contribution >= 4 is 17.9 Å². The van der Waals surface area contributed by atoms with Crippen LogP contribution in [-0.4, -0.2) is 42.7 Å². The van der Waals surface area contributed by atoms with Crippen molar-refractivity contribution in [1.82, 2.24) is 4.98 Å². The Morgan fingerprint density at radius 3 is 1.81 bits per heavy atom. The molecule has 0 atom stereocenters. The number of esters is 3. The van der Waals surface area contributed by atoms with E-state index in [1.54, 1.807) is 45.0 Å². The van der Waals surface area contributed by atoms with Crippen LogP contribution in [0.3, 0.4) is 0 Å². The Morgan fingerprint density at radius 1 is 0.769 bits per heavy atom. The van der Waals surface area contributed by atoms with Gasteiger partial charge in [-0.05, 0) is 26.3 Å². The summed E-state index contributed by atoms with van der Waals surface area (Å²) < 4.78 is 15.1. The second-order valence-electron chi connectivity index (χ2n) is 5.15. The second-order valence-corrected chi connectivity index (χ2v) is 5.15. The van der Waals surface area contributed by atoms with Crippen molar-refractivity contribution in [2.45, 2.75) is 20.8 Å². The standard InChI is InChI=1S/C19H21NO6/c1-4-24-17(21)13-14(18(22)25-5-2)16(19(23)26-6-3)20-15(13)12-10-8-7-9-11-12/h7-11,20H,4-6H2,1-3H3. The van der Waals surface area contributed by atoms with Crippen LogP contribution in [0, 0.1) is 0 Å². The highest BCUT2D eigenvalue weighted by molar-refractivity contribution is 6.13. The van der Waals surface area contributed by atoms with Crippen LogP contribution in [0.2, 0.25) is 0 Å². The molecule has 0 radical (unpaired) electrons. The second kappa shape index (κ2) is 8.84. The number of hydrogen-bond donors (Lipinski definition) is 1. The Labute approximate surface area is 151 Å². The number of carbonyl (C=O) groups excluding carboxylic acids is 3. The van der Waals surface area contributed by atoms with Crippen LogP contribution in [0.5, 0.6) is 0 Å². The average molecular weight is 359 g/mol. The van der Waals surface area contributed by atoms with E-state index in [-0.39, 0.29) is 36.6 Å². The summed E-state index contributed by atoms with van der Waals surface area (Å²) >= 11 is 0. The van der Waals surface area contributed by atoms with Gasteiger partial charge < -0.3 is 19.2 Å². The third kappa shape index (κ3) is 3.93. The van der Waals surface area contributed by atoms with Crippen LogP contribution >= 0.6 is 0 Å². The Hall–Kier alpha value is -3.09. The lowest BCUT2D eigenvalue weighted by Crippen LogP contribution is -2.17. The fourth-order valence-electron chi connectivity index (χ4n) is 2.49. The molecule has 0 saturated heterocycles. The van der Waals surface area contributed by atoms with Crippen molar-refractivity contribution in [2.75, 3.05) is 19.8 Å². The zero-order chi connectivity index (χ0) is 19.1. The summed E-state index contributed by atoms with van der Waals surface area (Å²) in [5, 5.41) is 0. The van der Waals surface area contributed by atoms with Crippen molar-refractivity contribution in [3.05, 3.63) is 47.2 Å². The lowest BCUT2D eigenvalue weighted by Gasteiger charge is -2.07. The van der Waals surface area contributed by atoms with Gasteiger partial charge in [-0.2, -0.15) is 0 Å². The molecule has 0 spiro atoms. The van der Waals surface area contributed by atoms with Gasteiger partial charge in [0.05, 0.1) is 25.5 Å². The molecule has 0 aliphatic heterocycles. The quantitative estimate of drug-likeness (QED) is 0.602. The monoisotopic (exact) mass is 359 g/mol. The van der Waals surface area contributed by atoms with E-state index in [1.807, 2.05) is 6.07 Å². The molecule has 2 aromatic rings. The van der Waals surface area contributed by atoms with Gasteiger partial charge in [-0.3, -0.25) is 0 Å². The van der Waals surface area contributed by atoms with E-state index in [0.717, 1.165) is 0 Å². The molecule has 0 unspecified atom stereocenters. The number of nitrogens with one attached hydrogen (secondary N) is 1. The third-order valence-electron chi connectivity index (χ3n) is 3.50. The summed E-state index contributed by atoms with van der Waals surface area (Å²) in [4.78, 5) is 40.2. The van der Waals surface area contributed by atoms with Gasteiger partial charge >= 0.3 is 17.9 Å². The number of benzene rings is 1. The molecule has 1 aromatic carbocycles. The first-order chi connectivity index (χ1) is 12.5. The van der Waals surface area contributed by atoms with E-state index >= 15 is 0 Å². The average Bonchev–Trinajstić information content (AvgIpc) is 3.04. The molecule has 0 saturated carbocycles. The van der Waals surface area contributed by atoms with E-state index in [1.165, 1.54) is 0 Å². The largest absolute Gasteiger partial charge is 0.462 e. The van der Waals surface area contributed by atoms with Gasteiger partial charge in [-0.25, -0.2) is 14.4 Å². The van der Waals surface area contributed by atoms with Gasteiger partial charge in [0.1, 0.15) is 16.8 Å². The molecule has 1 heterocycles. The summed E-state index contributed by atoms with van der Waals surface area (Å²) in [6.45, 7) is 5.27. The first kappa shape index (κ1) is 19.2. The minimum Gasteiger partial charge on any atom is -0.462 e. The summed E-state index contributed by atoms with van der Waals surface area (Å²) in [6.07, 6.45) is 0. The van der Waals surface area contributed by atoms with Crippen LogP contribution in [0.1, 0.15) is 52.0 Å². The Morgan fingerprint density at radius 2 is 1.27 bits per heavy atom. The van der Waals surface area contributed by atoms with Crippen molar-refractivity contribution in [2.24, 2.45) is 0 Å². The zero-order valence-corrected chi connectivity index (χ0v) is 15.0. The fraction of sp³-hybridized carbons (Fsp3) is 0.316. The highest BCUT2D eigenvalue weighted by atomic mass is 16.5. The molecule has 7 nitrogen and oxygen atoms in total. The highest BCUT2D eigenvalue weighted by Gasteiger charge is 2.33. The van der Waals surface area contributed by atoms with Gasteiger partial charge in [0.25, 0.3) is 0 Å². The number of ether oxygens (including phenoxy) is 3. The minimum atomic E-state index is -0.794. The highest BCUT2D eigenvalue weighted by Crippen LogP contribution is 2.30. The molecule has 7 heteroatoms. The first-order valence-electron chi connectivity index (χ1n) is 8.37. The normalized spacial score (nSPS) is 10.3. The number of H-pyrrole nitrogens is 1. The maximum atomic E-state index is 12.6. The molecule has 0 amide bonds. The topological polar surface area (TPSA) is 94.7 Å². The molecule has 0 aliphatic carbocycles. The smallest absolute Gasteiger partial charge is 0.355 e. The molecule has 0 bridgehead atoms. The number of carbonyl (C=O) groups is 3. The molecular weight excluding hydrogens is 338 g/mol. The molecule has 1 aromatic heterocycles. The van der Waals surface area contributed by atoms with Gasteiger partial charge in [0.2, 0.25) is 0 Å². The van der Waals surface area contributed by atoms with Crippen molar-refractivity contribution < 1.29 is 28.6 Å². The summed E-state index contributed by atoms with van der Waals surface area (Å²) in [5.74, 6) is -2.26. The first-order valence-corrected chi connectivity index (χ1v) is 8.37. The van der Waals surface area contributed by atoms with Crippen LogP contribution in [-0.2, 0) is 14.2 Å². The van der Waals surface area contributed by atoms with Crippen LogP contribution in [0.4, 0.5) is 0 Å². The molecule has 0 fully saturated rings. The summed E-state index contributed by atoms with van der Waals surface area (Å²) in [7, 11) is 0. The van der Waals surface area contributed by atoms with Crippen LogP contribution in [0.15, 0.2) is 30.3 Å². The maximum absolute atomic E-state index is 12.6. The van der Waals surface area contributed by atoms with Gasteiger partial charge in [-0.15, -0.1) is 0 Å². The number of hydrogen-bond acceptors (Lipinski definition) is 6. The Balaban J connectivity index is 2.74. The molecule has 2 rings (SSSR count). The molecule has 1 N–H and O–H groups in total. The zero-order valence-electron chi connectivity index (χ0n) is 15.0. The molecular formula is C19H21NO6. The number of rotatable bonds is 7. The predicted octanol–water partition coefficient (Wildman–Crippen LogP) is 3.21. The number of aromatic amines is 1. The van der Waals surface area contributed by atoms with Gasteiger partial charge in [0, 0.05) is 0 Å². The van der Waals surface area contributed by atoms with E-state index in [9.17, 15) is 14.4 Å². The molecule has 26 heavy (non-hydrogen) atoms. The lowest BCUT2D eigenvalue weighted by molar-refractivity contribution is 0.0460. The SMILES string of the molecule is CCOC(=O)c1[nH]c(-c2ccccc2)c(C(=O)OCC)c1C(=O)OCC. The van der Waals surface area contributed by atoms with Crippen molar-refractivity contribution in [1.29, 1.82) is 0 Å². The number of aromatic nitrogens is 1. The molecule has 0 aliphatic rings. The minimum absolute atomic E-state index is 0.0421. The van der Waals surface area contributed by atoms with Crippen molar-refractivity contribution in [3.63, 3.8) is 0 Å². The Kier molecular flexibility index (Phi) is 6.54. The Bertz CT molecular complexity index is 794. The van der Waals surface area contributed by atoms with Gasteiger partial charge in [0.15, 0.2) is 0 Å². The van der Waals surface area contributed by atoms with Crippen LogP contribution < -0.4 is 0 Å². The van der Waals surface area contributed by atoms with Crippen molar-refractivity contribution in [3.8, 4) is 11.3 Å². The summed E-state index contributed by atoms with van der Waals surface area (Å²) in [5.41, 5.74) is 0.571. The van der Waals surface area contributed by atoms with E-state index in [0.29, 0.717) is 11.3 Å². The lowest BCUT2D eigenvalue weighted by atomic mass is 10.0. The third-order valence-corrected chi connectivity index (χ3v) is 3.50. The maximum Gasteiger partial charge on any atom is 0.355 e. The van der Waals surface area contributed by atoms with Gasteiger partial charge in [-0.1, -0.05) is 30.3 Å². The van der Waals surface area contributed by atoms with Crippen LogP contribution in [0.25, 0.3) is 11.3 Å². The van der Waals surface area contributed by atoms with E-state index in [2.05, 4.69) is 4.98 Å². The molecule has 138 valence electrons.